The van der Waals surface area contributed by atoms with Crippen LogP contribution in [0.1, 0.15) is 12.5 Å². The third kappa shape index (κ3) is 5.76. The van der Waals surface area contributed by atoms with E-state index in [1.165, 1.54) is 0 Å². The lowest BCUT2D eigenvalue weighted by atomic mass is 10.2. The molecular weight excluding hydrogens is 362 g/mol. The minimum atomic E-state index is -0.655. The molecule has 3 aromatic carbocycles. The monoisotopic (exact) mass is 381 g/mol. The fraction of sp³-hybridized carbons (Fsp3) is 0.136. The molecule has 3 aromatic rings. The summed E-state index contributed by atoms with van der Waals surface area (Å²) in [5, 5.41) is 3.39. The first-order valence-corrected chi connectivity index (χ1v) is 8.98. The minimum Gasteiger partial charge on any atom is -0.489 e. The number of amides is 1. The molecule has 138 valence electrons. The Labute approximate surface area is 163 Å². The van der Waals surface area contributed by atoms with Gasteiger partial charge in [-0.2, -0.15) is 0 Å². The van der Waals surface area contributed by atoms with Crippen molar-refractivity contribution < 1.29 is 14.3 Å². The van der Waals surface area contributed by atoms with Gasteiger partial charge in [0.25, 0.3) is 5.91 Å². The number of hydrogen-bond donors (Lipinski definition) is 1. The van der Waals surface area contributed by atoms with Crippen LogP contribution in [0.15, 0.2) is 78.9 Å². The highest BCUT2D eigenvalue weighted by atomic mass is 35.5. The highest BCUT2D eigenvalue weighted by Gasteiger charge is 2.15. The van der Waals surface area contributed by atoms with E-state index in [0.29, 0.717) is 23.1 Å². The van der Waals surface area contributed by atoms with Crippen molar-refractivity contribution in [3.8, 4) is 11.5 Å². The predicted molar refractivity (Wildman–Crippen MR) is 107 cm³/mol. The number of anilines is 1. The maximum absolute atomic E-state index is 12.3. The number of hydrogen-bond acceptors (Lipinski definition) is 3. The van der Waals surface area contributed by atoms with Crippen molar-refractivity contribution in [3.63, 3.8) is 0 Å². The van der Waals surface area contributed by atoms with Gasteiger partial charge in [-0.25, -0.2) is 0 Å². The Hall–Kier alpha value is -2.98. The van der Waals surface area contributed by atoms with Crippen molar-refractivity contribution in [2.24, 2.45) is 0 Å². The van der Waals surface area contributed by atoms with Crippen LogP contribution in [0.25, 0.3) is 0 Å². The van der Waals surface area contributed by atoms with E-state index in [1.54, 1.807) is 43.3 Å². The standard InChI is InChI=1S/C22H20ClNO3/c1-16(27-21-9-5-8-18(23)14-21)22(25)24-19-10-12-20(13-11-19)26-15-17-6-3-2-4-7-17/h2-14,16H,15H2,1H3,(H,24,25)/t16-/m1/s1. The summed E-state index contributed by atoms with van der Waals surface area (Å²) >= 11 is 5.92. The third-order valence-electron chi connectivity index (χ3n) is 3.85. The lowest BCUT2D eigenvalue weighted by Gasteiger charge is -2.15. The highest BCUT2D eigenvalue weighted by molar-refractivity contribution is 6.30. The van der Waals surface area contributed by atoms with Crippen molar-refractivity contribution in [1.29, 1.82) is 0 Å². The van der Waals surface area contributed by atoms with E-state index in [1.807, 2.05) is 42.5 Å². The molecule has 1 atom stereocenters. The molecular formula is C22H20ClNO3. The molecule has 0 saturated heterocycles. The molecule has 0 aliphatic heterocycles. The first kappa shape index (κ1) is 18.8. The molecule has 0 aliphatic carbocycles. The largest absolute Gasteiger partial charge is 0.489 e. The van der Waals surface area contributed by atoms with Crippen LogP contribution in [-0.4, -0.2) is 12.0 Å². The number of carbonyl (C=O) groups excluding carboxylic acids is 1. The van der Waals surface area contributed by atoms with Crippen LogP contribution in [0.4, 0.5) is 5.69 Å². The van der Waals surface area contributed by atoms with Crippen LogP contribution < -0.4 is 14.8 Å². The van der Waals surface area contributed by atoms with E-state index >= 15 is 0 Å². The maximum atomic E-state index is 12.3. The second-order valence-corrected chi connectivity index (χ2v) is 6.44. The van der Waals surface area contributed by atoms with Gasteiger partial charge in [0.1, 0.15) is 18.1 Å². The summed E-state index contributed by atoms with van der Waals surface area (Å²) in [7, 11) is 0. The fourth-order valence-corrected chi connectivity index (χ4v) is 2.60. The van der Waals surface area contributed by atoms with Crippen LogP contribution in [0, 0.1) is 0 Å². The zero-order chi connectivity index (χ0) is 19.1. The molecule has 1 amide bonds. The molecule has 1 N–H and O–H groups in total. The Morgan fingerprint density at radius 1 is 0.963 bits per heavy atom. The Morgan fingerprint density at radius 2 is 1.70 bits per heavy atom. The minimum absolute atomic E-state index is 0.243. The normalized spacial score (nSPS) is 11.5. The Morgan fingerprint density at radius 3 is 2.41 bits per heavy atom. The van der Waals surface area contributed by atoms with Crippen molar-refractivity contribution in [2.45, 2.75) is 19.6 Å². The summed E-state index contributed by atoms with van der Waals surface area (Å²) in [6.07, 6.45) is -0.655. The predicted octanol–water partition coefficient (Wildman–Crippen LogP) is 5.33. The second kappa shape index (κ2) is 9.10. The van der Waals surface area contributed by atoms with Crippen molar-refractivity contribution in [1.82, 2.24) is 0 Å². The van der Waals surface area contributed by atoms with Crippen LogP contribution >= 0.6 is 11.6 Å². The van der Waals surface area contributed by atoms with Gasteiger partial charge in [0, 0.05) is 10.7 Å². The number of nitrogens with one attached hydrogen (secondary N) is 1. The smallest absolute Gasteiger partial charge is 0.265 e. The topological polar surface area (TPSA) is 47.6 Å². The van der Waals surface area contributed by atoms with Gasteiger partial charge in [-0.3, -0.25) is 4.79 Å². The molecule has 3 rings (SSSR count). The maximum Gasteiger partial charge on any atom is 0.265 e. The van der Waals surface area contributed by atoms with Crippen LogP contribution in [0.5, 0.6) is 11.5 Å². The Balaban J connectivity index is 1.51. The van der Waals surface area contributed by atoms with Gasteiger partial charge in [-0.1, -0.05) is 48.0 Å². The van der Waals surface area contributed by atoms with Gasteiger partial charge >= 0.3 is 0 Å². The molecule has 0 saturated carbocycles. The van der Waals surface area contributed by atoms with Gasteiger partial charge in [-0.05, 0) is 55.0 Å². The first-order valence-electron chi connectivity index (χ1n) is 8.60. The van der Waals surface area contributed by atoms with E-state index in [0.717, 1.165) is 11.3 Å². The zero-order valence-electron chi connectivity index (χ0n) is 14.9. The molecule has 27 heavy (non-hydrogen) atoms. The van der Waals surface area contributed by atoms with Crippen molar-refractivity contribution in [3.05, 3.63) is 89.4 Å². The van der Waals surface area contributed by atoms with Gasteiger partial charge in [0.2, 0.25) is 0 Å². The number of carbonyl (C=O) groups is 1. The molecule has 0 radical (unpaired) electrons. The van der Waals surface area contributed by atoms with Gasteiger partial charge in [0.15, 0.2) is 6.10 Å². The second-order valence-electron chi connectivity index (χ2n) is 6.01. The fourth-order valence-electron chi connectivity index (χ4n) is 2.42. The quantitative estimate of drug-likeness (QED) is 0.602. The average molecular weight is 382 g/mol. The Bertz CT molecular complexity index is 882. The molecule has 0 aromatic heterocycles. The molecule has 0 unspecified atom stereocenters. The van der Waals surface area contributed by atoms with Gasteiger partial charge < -0.3 is 14.8 Å². The van der Waals surface area contributed by atoms with Gasteiger partial charge in [-0.15, -0.1) is 0 Å². The number of halogens is 1. The van der Waals surface area contributed by atoms with E-state index in [-0.39, 0.29) is 5.91 Å². The van der Waals surface area contributed by atoms with Crippen molar-refractivity contribution >= 4 is 23.2 Å². The van der Waals surface area contributed by atoms with E-state index in [2.05, 4.69) is 5.32 Å². The summed E-state index contributed by atoms with van der Waals surface area (Å²) < 4.78 is 11.4. The molecule has 0 heterocycles. The number of ether oxygens (including phenoxy) is 2. The molecule has 5 heteroatoms. The summed E-state index contributed by atoms with van der Waals surface area (Å²) in [6.45, 7) is 2.19. The number of rotatable bonds is 7. The lowest BCUT2D eigenvalue weighted by molar-refractivity contribution is -0.122. The van der Waals surface area contributed by atoms with Crippen LogP contribution in [0.2, 0.25) is 5.02 Å². The lowest BCUT2D eigenvalue weighted by Crippen LogP contribution is -2.30. The highest BCUT2D eigenvalue weighted by Crippen LogP contribution is 2.20. The van der Waals surface area contributed by atoms with E-state index in [4.69, 9.17) is 21.1 Å². The SMILES string of the molecule is C[C@@H](Oc1cccc(Cl)c1)C(=O)Nc1ccc(OCc2ccccc2)cc1. The summed E-state index contributed by atoms with van der Waals surface area (Å²) in [5.41, 5.74) is 1.77. The molecule has 0 spiro atoms. The summed E-state index contributed by atoms with van der Waals surface area (Å²) in [4.78, 5) is 12.3. The van der Waals surface area contributed by atoms with Gasteiger partial charge in [0.05, 0.1) is 0 Å². The summed E-state index contributed by atoms with van der Waals surface area (Å²) in [5.74, 6) is 1.04. The molecule has 0 fully saturated rings. The molecule has 0 aliphatic rings. The number of benzene rings is 3. The van der Waals surface area contributed by atoms with Crippen LogP contribution in [-0.2, 0) is 11.4 Å². The third-order valence-corrected chi connectivity index (χ3v) is 4.08. The van der Waals surface area contributed by atoms with E-state index < -0.39 is 6.10 Å². The zero-order valence-corrected chi connectivity index (χ0v) is 15.6. The molecule has 4 nitrogen and oxygen atoms in total. The first-order chi connectivity index (χ1) is 13.1. The van der Waals surface area contributed by atoms with Crippen LogP contribution in [0.3, 0.4) is 0 Å². The van der Waals surface area contributed by atoms with Crippen molar-refractivity contribution in [2.75, 3.05) is 5.32 Å². The summed E-state index contributed by atoms with van der Waals surface area (Å²) in [6, 6.07) is 24.1. The molecule has 0 bridgehead atoms. The Kier molecular flexibility index (Phi) is 6.34. The van der Waals surface area contributed by atoms with E-state index in [9.17, 15) is 4.79 Å². The average Bonchev–Trinajstić information content (AvgIpc) is 2.68.